The van der Waals surface area contributed by atoms with Crippen molar-refractivity contribution in [1.82, 2.24) is 9.80 Å². The van der Waals surface area contributed by atoms with Crippen LogP contribution in [0.4, 0.5) is 5.69 Å². The number of fused-ring (bicyclic) bond motifs is 1. The Morgan fingerprint density at radius 2 is 1.64 bits per heavy atom. The van der Waals surface area contributed by atoms with Gasteiger partial charge in [0.15, 0.2) is 0 Å². The van der Waals surface area contributed by atoms with E-state index in [1.54, 1.807) is 0 Å². The second-order valence-electron chi connectivity index (χ2n) is 8.57. The van der Waals surface area contributed by atoms with Gasteiger partial charge in [-0.2, -0.15) is 0 Å². The number of likely N-dealkylation sites (tertiary alicyclic amines) is 2. The highest BCUT2D eigenvalue weighted by Crippen LogP contribution is 2.34. The van der Waals surface area contributed by atoms with E-state index in [-0.39, 0.29) is 5.91 Å². The number of hydrogen-bond acceptors (Lipinski definition) is 3. The van der Waals surface area contributed by atoms with Crippen molar-refractivity contribution in [1.29, 1.82) is 0 Å². The summed E-state index contributed by atoms with van der Waals surface area (Å²) in [6.07, 6.45) is 7.26. The van der Waals surface area contributed by atoms with Crippen LogP contribution in [-0.4, -0.2) is 54.3 Å². The lowest BCUT2D eigenvalue weighted by molar-refractivity contribution is -0.132. The molecule has 0 radical (unpaired) electrons. The zero-order chi connectivity index (χ0) is 19.5. The number of nitrogens with zero attached hydrogens (tertiary/aromatic N) is 2. The largest absolute Gasteiger partial charge is 0.384 e. The fourth-order valence-electron chi connectivity index (χ4n) is 5.28. The number of piperidine rings is 2. The summed E-state index contributed by atoms with van der Waals surface area (Å²) in [5, 5.41) is 3.45. The SMILES string of the molecule is CCC(=O)N1CCC(C2CCN(C(=O)c3cccc4c3NCCC4)CC2)CC1. The van der Waals surface area contributed by atoms with Gasteiger partial charge in [0, 0.05) is 39.1 Å². The summed E-state index contributed by atoms with van der Waals surface area (Å²) in [6.45, 7) is 6.46. The van der Waals surface area contributed by atoms with E-state index in [2.05, 4.69) is 16.3 Å². The van der Waals surface area contributed by atoms with Crippen LogP contribution >= 0.6 is 0 Å². The molecule has 0 spiro atoms. The van der Waals surface area contributed by atoms with E-state index in [1.807, 2.05) is 24.0 Å². The van der Waals surface area contributed by atoms with Crippen LogP contribution in [0.3, 0.4) is 0 Å². The lowest BCUT2D eigenvalue weighted by Crippen LogP contribution is -2.44. The minimum atomic E-state index is 0.188. The summed E-state index contributed by atoms with van der Waals surface area (Å²) in [5.74, 6) is 1.89. The number of anilines is 1. The summed E-state index contributed by atoms with van der Waals surface area (Å²) in [7, 11) is 0. The minimum absolute atomic E-state index is 0.188. The fraction of sp³-hybridized carbons (Fsp3) is 0.652. The number of aryl methyl sites for hydroxylation is 1. The van der Waals surface area contributed by atoms with Crippen LogP contribution in [-0.2, 0) is 11.2 Å². The summed E-state index contributed by atoms with van der Waals surface area (Å²) in [4.78, 5) is 29.1. The standard InChI is InChI=1S/C23H33N3O2/c1-2-21(27)25-13-8-17(9-14-25)18-10-15-26(16-11-18)23(28)20-7-3-5-19-6-4-12-24-22(19)20/h3,5,7,17-18,24H,2,4,6,8-16H2,1H3. The third-order valence-electron chi connectivity index (χ3n) is 6.99. The van der Waals surface area contributed by atoms with E-state index >= 15 is 0 Å². The van der Waals surface area contributed by atoms with Crippen LogP contribution in [0.25, 0.3) is 0 Å². The topological polar surface area (TPSA) is 52.7 Å². The van der Waals surface area contributed by atoms with Crippen molar-refractivity contribution in [3.63, 3.8) is 0 Å². The van der Waals surface area contributed by atoms with Gasteiger partial charge in [-0.05, 0) is 62.0 Å². The molecule has 0 atom stereocenters. The molecule has 3 aliphatic heterocycles. The van der Waals surface area contributed by atoms with Crippen LogP contribution < -0.4 is 5.32 Å². The first kappa shape index (κ1) is 19.3. The number of carbonyl (C=O) groups excluding carboxylic acids is 2. The molecular weight excluding hydrogens is 350 g/mol. The van der Waals surface area contributed by atoms with Gasteiger partial charge < -0.3 is 15.1 Å². The van der Waals surface area contributed by atoms with Gasteiger partial charge in [0.05, 0.1) is 11.3 Å². The van der Waals surface area contributed by atoms with Crippen molar-refractivity contribution in [2.45, 2.75) is 51.9 Å². The van der Waals surface area contributed by atoms with Crippen LogP contribution in [0.15, 0.2) is 18.2 Å². The number of amides is 2. The third-order valence-corrected chi connectivity index (χ3v) is 6.99. The molecule has 1 aromatic rings. The van der Waals surface area contributed by atoms with Gasteiger partial charge >= 0.3 is 0 Å². The molecule has 5 heteroatoms. The molecule has 0 saturated carbocycles. The molecule has 0 bridgehead atoms. The van der Waals surface area contributed by atoms with E-state index in [0.717, 1.165) is 82.5 Å². The summed E-state index contributed by atoms with van der Waals surface area (Å²) in [5.41, 5.74) is 3.19. The van der Waals surface area contributed by atoms with Gasteiger partial charge in [0.2, 0.25) is 5.91 Å². The van der Waals surface area contributed by atoms with Crippen molar-refractivity contribution in [2.24, 2.45) is 11.8 Å². The van der Waals surface area contributed by atoms with Gasteiger partial charge in [0.1, 0.15) is 0 Å². The molecule has 2 fully saturated rings. The molecule has 5 nitrogen and oxygen atoms in total. The number of rotatable bonds is 3. The minimum Gasteiger partial charge on any atom is -0.384 e. The number of benzene rings is 1. The lowest BCUT2D eigenvalue weighted by Gasteiger charge is -2.40. The highest BCUT2D eigenvalue weighted by molar-refractivity contribution is 6.00. The average Bonchev–Trinajstić information content (AvgIpc) is 2.78. The van der Waals surface area contributed by atoms with Crippen molar-refractivity contribution >= 4 is 17.5 Å². The summed E-state index contributed by atoms with van der Waals surface area (Å²) >= 11 is 0. The second-order valence-corrected chi connectivity index (χ2v) is 8.57. The van der Waals surface area contributed by atoms with Crippen molar-refractivity contribution in [3.8, 4) is 0 Å². The summed E-state index contributed by atoms with van der Waals surface area (Å²) < 4.78 is 0. The molecule has 152 valence electrons. The van der Waals surface area contributed by atoms with Crippen molar-refractivity contribution in [2.75, 3.05) is 38.0 Å². The Hall–Kier alpha value is -2.04. The summed E-state index contributed by atoms with van der Waals surface area (Å²) in [6, 6.07) is 6.14. The average molecular weight is 384 g/mol. The number of nitrogens with one attached hydrogen (secondary N) is 1. The third kappa shape index (κ3) is 3.89. The maximum atomic E-state index is 13.1. The van der Waals surface area contributed by atoms with Crippen molar-refractivity contribution < 1.29 is 9.59 Å². The smallest absolute Gasteiger partial charge is 0.255 e. The van der Waals surface area contributed by atoms with Gasteiger partial charge in [-0.1, -0.05) is 19.1 Å². The Morgan fingerprint density at radius 3 is 2.29 bits per heavy atom. The predicted octanol–water partition coefficient (Wildman–Crippen LogP) is 3.55. The Labute approximate surface area is 168 Å². The quantitative estimate of drug-likeness (QED) is 0.868. The Balaban J connectivity index is 1.32. The van der Waals surface area contributed by atoms with Crippen LogP contribution in [0.5, 0.6) is 0 Å². The second kappa shape index (κ2) is 8.54. The molecule has 1 aromatic carbocycles. The number of carbonyl (C=O) groups is 2. The van der Waals surface area contributed by atoms with Crippen LogP contribution in [0.2, 0.25) is 0 Å². The van der Waals surface area contributed by atoms with Crippen LogP contribution in [0, 0.1) is 11.8 Å². The zero-order valence-electron chi connectivity index (χ0n) is 17.1. The van der Waals surface area contributed by atoms with Gasteiger partial charge in [-0.25, -0.2) is 0 Å². The number of para-hydroxylation sites is 1. The predicted molar refractivity (Wildman–Crippen MR) is 111 cm³/mol. The first-order chi connectivity index (χ1) is 13.7. The molecule has 0 unspecified atom stereocenters. The first-order valence-electron chi connectivity index (χ1n) is 11.1. The van der Waals surface area contributed by atoms with E-state index in [1.165, 1.54) is 5.56 Å². The van der Waals surface area contributed by atoms with E-state index in [4.69, 9.17) is 0 Å². The highest BCUT2D eigenvalue weighted by atomic mass is 16.2. The molecule has 0 aliphatic carbocycles. The Morgan fingerprint density at radius 1 is 1.00 bits per heavy atom. The van der Waals surface area contributed by atoms with E-state index < -0.39 is 0 Å². The van der Waals surface area contributed by atoms with E-state index in [0.29, 0.717) is 24.2 Å². The number of hydrogen-bond donors (Lipinski definition) is 1. The molecule has 28 heavy (non-hydrogen) atoms. The monoisotopic (exact) mass is 383 g/mol. The lowest BCUT2D eigenvalue weighted by atomic mass is 9.78. The molecular formula is C23H33N3O2. The maximum Gasteiger partial charge on any atom is 0.255 e. The fourth-order valence-corrected chi connectivity index (χ4v) is 5.28. The van der Waals surface area contributed by atoms with Gasteiger partial charge in [-0.3, -0.25) is 9.59 Å². The molecule has 0 aromatic heterocycles. The molecule has 1 N–H and O–H groups in total. The molecule has 4 rings (SSSR count). The Kier molecular flexibility index (Phi) is 5.88. The maximum absolute atomic E-state index is 13.1. The van der Waals surface area contributed by atoms with Gasteiger partial charge in [-0.15, -0.1) is 0 Å². The highest BCUT2D eigenvalue weighted by Gasteiger charge is 2.32. The van der Waals surface area contributed by atoms with Gasteiger partial charge in [0.25, 0.3) is 5.91 Å². The van der Waals surface area contributed by atoms with Crippen molar-refractivity contribution in [3.05, 3.63) is 29.3 Å². The van der Waals surface area contributed by atoms with E-state index in [9.17, 15) is 9.59 Å². The zero-order valence-corrected chi connectivity index (χ0v) is 17.1. The molecule has 2 saturated heterocycles. The molecule has 3 heterocycles. The normalized spacial score (nSPS) is 21.2. The molecule has 2 amide bonds. The first-order valence-corrected chi connectivity index (χ1v) is 11.1. The Bertz CT molecular complexity index is 717. The molecule has 3 aliphatic rings. The van der Waals surface area contributed by atoms with Crippen LogP contribution in [0.1, 0.15) is 61.4 Å².